The third kappa shape index (κ3) is 2.28. The first-order valence-corrected chi connectivity index (χ1v) is 6.50. The lowest BCUT2D eigenvalue weighted by Gasteiger charge is -2.39. The summed E-state index contributed by atoms with van der Waals surface area (Å²) < 4.78 is 0. The Balaban J connectivity index is 2.20. The molecule has 2 rings (SSSR count). The van der Waals surface area contributed by atoms with Crippen molar-refractivity contribution in [1.29, 1.82) is 0 Å². The van der Waals surface area contributed by atoms with Gasteiger partial charge in [-0.3, -0.25) is 4.79 Å². The van der Waals surface area contributed by atoms with E-state index < -0.39 is 0 Å². The van der Waals surface area contributed by atoms with Crippen LogP contribution in [0.1, 0.15) is 40.5 Å². The standard InChI is InChI=1S/C14H22N2O/c1-9-7-10(2)14(11(3)8-9)13-5-6-15-16(13)12(4)17/h6-7,10-11,13-14H,5,8H2,1-4H3/t10-,11-,13+,14-/m1/s1. The normalized spacial score (nSPS) is 37.2. The van der Waals surface area contributed by atoms with Crippen molar-refractivity contribution in [2.75, 3.05) is 0 Å². The zero-order valence-electron chi connectivity index (χ0n) is 11.2. The van der Waals surface area contributed by atoms with Crippen LogP contribution in [0, 0.1) is 17.8 Å². The van der Waals surface area contributed by atoms with Crippen molar-refractivity contribution in [3.05, 3.63) is 11.6 Å². The molecule has 0 radical (unpaired) electrons. The van der Waals surface area contributed by atoms with Crippen LogP contribution in [0.15, 0.2) is 16.8 Å². The Kier molecular flexibility index (Phi) is 3.36. The van der Waals surface area contributed by atoms with Crippen LogP contribution in [-0.2, 0) is 4.79 Å². The van der Waals surface area contributed by atoms with Gasteiger partial charge in [0.2, 0.25) is 5.91 Å². The first-order chi connectivity index (χ1) is 8.00. The van der Waals surface area contributed by atoms with Crippen LogP contribution in [0.2, 0.25) is 0 Å². The Hall–Kier alpha value is -1.12. The summed E-state index contributed by atoms with van der Waals surface area (Å²) in [5, 5.41) is 5.90. The van der Waals surface area contributed by atoms with Crippen molar-refractivity contribution in [2.24, 2.45) is 22.9 Å². The molecule has 4 atom stereocenters. The highest BCUT2D eigenvalue weighted by molar-refractivity contribution is 5.77. The third-order valence-corrected chi connectivity index (χ3v) is 4.09. The molecule has 1 amide bonds. The highest BCUT2D eigenvalue weighted by Gasteiger charge is 2.39. The molecule has 94 valence electrons. The molecule has 1 aliphatic heterocycles. The molecule has 3 heteroatoms. The minimum Gasteiger partial charge on any atom is -0.273 e. The number of hydrogen-bond donors (Lipinski definition) is 0. The van der Waals surface area contributed by atoms with Crippen molar-refractivity contribution < 1.29 is 4.79 Å². The van der Waals surface area contributed by atoms with Gasteiger partial charge in [0.15, 0.2) is 0 Å². The fourth-order valence-electron chi connectivity index (χ4n) is 3.58. The molecule has 0 aromatic heterocycles. The first kappa shape index (κ1) is 12.3. The molecule has 0 fully saturated rings. The van der Waals surface area contributed by atoms with E-state index >= 15 is 0 Å². The molecule has 17 heavy (non-hydrogen) atoms. The minimum atomic E-state index is 0.0643. The van der Waals surface area contributed by atoms with Gasteiger partial charge in [-0.05, 0) is 31.1 Å². The fraction of sp³-hybridized carbons (Fsp3) is 0.714. The SMILES string of the molecule is CC(=O)N1N=CC[C@H]1[C@@H]1[C@H](C)C=C(C)C[C@H]1C. The molecule has 0 aromatic rings. The highest BCUT2D eigenvalue weighted by Crippen LogP contribution is 2.39. The maximum atomic E-state index is 11.6. The van der Waals surface area contributed by atoms with Gasteiger partial charge in [-0.2, -0.15) is 5.10 Å². The first-order valence-electron chi connectivity index (χ1n) is 6.50. The summed E-state index contributed by atoms with van der Waals surface area (Å²) in [6, 6.07) is 0.266. The molecule has 1 heterocycles. The molecular formula is C14H22N2O. The number of allylic oxidation sites excluding steroid dienone is 2. The third-order valence-electron chi connectivity index (χ3n) is 4.09. The summed E-state index contributed by atoms with van der Waals surface area (Å²) in [5.74, 6) is 1.76. The number of hydrogen-bond acceptors (Lipinski definition) is 2. The monoisotopic (exact) mass is 234 g/mol. The van der Waals surface area contributed by atoms with Crippen LogP contribution < -0.4 is 0 Å². The molecule has 0 N–H and O–H groups in total. The molecule has 0 bridgehead atoms. The van der Waals surface area contributed by atoms with Crippen molar-refractivity contribution in [3.8, 4) is 0 Å². The zero-order valence-corrected chi connectivity index (χ0v) is 11.2. The van der Waals surface area contributed by atoms with Gasteiger partial charge < -0.3 is 0 Å². The molecule has 2 aliphatic rings. The van der Waals surface area contributed by atoms with E-state index in [1.165, 1.54) is 5.57 Å². The average Bonchev–Trinajstić information content (AvgIpc) is 2.64. The van der Waals surface area contributed by atoms with E-state index in [1.54, 1.807) is 11.9 Å². The molecular weight excluding hydrogens is 212 g/mol. The van der Waals surface area contributed by atoms with E-state index in [1.807, 2.05) is 6.21 Å². The molecule has 0 spiro atoms. The zero-order chi connectivity index (χ0) is 12.6. The quantitative estimate of drug-likeness (QED) is 0.642. The summed E-state index contributed by atoms with van der Waals surface area (Å²) in [4.78, 5) is 11.6. The van der Waals surface area contributed by atoms with Crippen LogP contribution in [-0.4, -0.2) is 23.2 Å². The summed E-state index contributed by atoms with van der Waals surface area (Å²) in [5.41, 5.74) is 1.48. The number of amides is 1. The smallest absolute Gasteiger partial charge is 0.239 e. The van der Waals surface area contributed by atoms with Gasteiger partial charge in [-0.15, -0.1) is 0 Å². The summed E-state index contributed by atoms with van der Waals surface area (Å²) in [7, 11) is 0. The Labute approximate surface area is 104 Å². The molecule has 3 nitrogen and oxygen atoms in total. The van der Waals surface area contributed by atoms with Gasteiger partial charge in [0.25, 0.3) is 0 Å². The van der Waals surface area contributed by atoms with Crippen molar-refractivity contribution in [2.45, 2.75) is 46.6 Å². The van der Waals surface area contributed by atoms with Crippen LogP contribution in [0.25, 0.3) is 0 Å². The topological polar surface area (TPSA) is 32.7 Å². The van der Waals surface area contributed by atoms with E-state index in [0.717, 1.165) is 12.8 Å². The summed E-state index contributed by atoms with van der Waals surface area (Å²) >= 11 is 0. The largest absolute Gasteiger partial charge is 0.273 e. The van der Waals surface area contributed by atoms with E-state index in [4.69, 9.17) is 0 Å². The Bertz CT molecular complexity index is 372. The van der Waals surface area contributed by atoms with Crippen LogP contribution >= 0.6 is 0 Å². The van der Waals surface area contributed by atoms with E-state index in [2.05, 4.69) is 31.9 Å². The summed E-state index contributed by atoms with van der Waals surface area (Å²) in [6.45, 7) is 8.38. The van der Waals surface area contributed by atoms with Gasteiger partial charge in [0, 0.05) is 19.6 Å². The maximum absolute atomic E-state index is 11.6. The Morgan fingerprint density at radius 2 is 2.18 bits per heavy atom. The molecule has 0 saturated heterocycles. The predicted octanol–water partition coefficient (Wildman–Crippen LogP) is 2.83. The van der Waals surface area contributed by atoms with Gasteiger partial charge in [0.05, 0.1) is 6.04 Å². The minimum absolute atomic E-state index is 0.0643. The average molecular weight is 234 g/mol. The van der Waals surface area contributed by atoms with Crippen molar-refractivity contribution >= 4 is 12.1 Å². The van der Waals surface area contributed by atoms with Crippen molar-refractivity contribution in [1.82, 2.24) is 5.01 Å². The maximum Gasteiger partial charge on any atom is 0.239 e. The van der Waals surface area contributed by atoms with E-state index in [0.29, 0.717) is 17.8 Å². The predicted molar refractivity (Wildman–Crippen MR) is 69.6 cm³/mol. The van der Waals surface area contributed by atoms with Gasteiger partial charge in [0.1, 0.15) is 0 Å². The fourth-order valence-corrected chi connectivity index (χ4v) is 3.58. The lowest BCUT2D eigenvalue weighted by atomic mass is 9.70. The van der Waals surface area contributed by atoms with E-state index in [9.17, 15) is 4.79 Å². The highest BCUT2D eigenvalue weighted by atomic mass is 16.2. The molecule has 1 aliphatic carbocycles. The van der Waals surface area contributed by atoms with Gasteiger partial charge in [-0.25, -0.2) is 5.01 Å². The molecule has 0 aromatic carbocycles. The molecule has 0 unspecified atom stereocenters. The number of carbonyl (C=O) groups excluding carboxylic acids is 1. The number of nitrogens with zero attached hydrogens (tertiary/aromatic N) is 2. The second-order valence-corrected chi connectivity index (χ2v) is 5.60. The molecule has 0 saturated carbocycles. The van der Waals surface area contributed by atoms with Crippen LogP contribution in [0.5, 0.6) is 0 Å². The van der Waals surface area contributed by atoms with Crippen LogP contribution in [0.4, 0.5) is 0 Å². The lowest BCUT2D eigenvalue weighted by Crippen LogP contribution is -2.43. The van der Waals surface area contributed by atoms with Crippen LogP contribution in [0.3, 0.4) is 0 Å². The van der Waals surface area contributed by atoms with Crippen molar-refractivity contribution in [3.63, 3.8) is 0 Å². The second-order valence-electron chi connectivity index (χ2n) is 5.60. The second kappa shape index (κ2) is 4.63. The number of carbonyl (C=O) groups is 1. The van der Waals surface area contributed by atoms with E-state index in [-0.39, 0.29) is 11.9 Å². The number of rotatable bonds is 1. The lowest BCUT2D eigenvalue weighted by molar-refractivity contribution is -0.132. The van der Waals surface area contributed by atoms with Gasteiger partial charge in [-0.1, -0.05) is 25.5 Å². The Morgan fingerprint density at radius 1 is 1.47 bits per heavy atom. The number of hydrazone groups is 1. The Morgan fingerprint density at radius 3 is 2.76 bits per heavy atom. The summed E-state index contributed by atoms with van der Waals surface area (Å²) in [6.07, 6.45) is 6.31. The van der Waals surface area contributed by atoms with Gasteiger partial charge >= 0.3 is 0 Å².